The van der Waals surface area contributed by atoms with Gasteiger partial charge in [0.1, 0.15) is 5.75 Å². The second-order valence-electron chi connectivity index (χ2n) is 2.61. The van der Waals surface area contributed by atoms with Crippen molar-refractivity contribution in [3.63, 3.8) is 0 Å². The van der Waals surface area contributed by atoms with Crippen molar-refractivity contribution in [2.75, 3.05) is 24.5 Å². The van der Waals surface area contributed by atoms with Gasteiger partial charge in [-0.3, -0.25) is 4.79 Å². The Bertz CT molecular complexity index is 227. The molecule has 0 heterocycles. The normalized spacial score (nSPS) is 10.5. The van der Waals surface area contributed by atoms with Gasteiger partial charge in [0.05, 0.1) is 29.1 Å². The van der Waals surface area contributed by atoms with Crippen molar-refractivity contribution in [2.24, 2.45) is 5.73 Å². The molecule has 0 unspecified atom stereocenters. The van der Waals surface area contributed by atoms with E-state index in [0.29, 0.717) is 23.6 Å². The van der Waals surface area contributed by atoms with Crippen LogP contribution in [0.4, 0.5) is 0 Å². The van der Waals surface area contributed by atoms with Crippen LogP contribution in [0.2, 0.25) is 0 Å². The molecule has 0 atom stereocenters. The monoisotopic (exact) mass is 229 g/mol. The van der Waals surface area contributed by atoms with E-state index >= 15 is 0 Å². The first-order valence-corrected chi connectivity index (χ1v) is 7.39. The van der Waals surface area contributed by atoms with Crippen LogP contribution < -0.4 is 5.73 Å². The third-order valence-electron chi connectivity index (χ3n) is 0.757. The van der Waals surface area contributed by atoms with E-state index in [1.54, 1.807) is 0 Å². The second kappa shape index (κ2) is 7.16. The average Bonchev–Trinajstić information content (AvgIpc) is 1.79. The van der Waals surface area contributed by atoms with Gasteiger partial charge in [0.15, 0.2) is 0 Å². The molecule has 0 aliphatic carbocycles. The fourth-order valence-corrected chi connectivity index (χ4v) is 0.914. The maximum Gasteiger partial charge on any atom is 0.222 e. The second-order valence-corrected chi connectivity index (χ2v) is 6.40. The third-order valence-corrected chi connectivity index (χ3v) is 1.78. The highest BCUT2D eigenvalue weighted by Crippen LogP contribution is 1.86. The molecule has 5 nitrogen and oxygen atoms in total. The summed E-state index contributed by atoms with van der Waals surface area (Å²) in [6, 6.07) is 0. The minimum absolute atomic E-state index is 0.189. The Morgan fingerprint density at radius 3 is 1.85 bits per heavy atom. The van der Waals surface area contributed by atoms with Gasteiger partial charge in [0.2, 0.25) is 5.91 Å². The van der Waals surface area contributed by atoms with Crippen molar-refractivity contribution in [3.05, 3.63) is 0 Å². The van der Waals surface area contributed by atoms with Crippen molar-refractivity contribution >= 4 is 26.9 Å². The van der Waals surface area contributed by atoms with Gasteiger partial charge < -0.3 is 10.3 Å². The molecule has 0 fully saturated rings. The summed E-state index contributed by atoms with van der Waals surface area (Å²) in [6.45, 7) is 0. The molecule has 0 saturated carbocycles. The van der Waals surface area contributed by atoms with Gasteiger partial charge in [-0.15, -0.1) is 0 Å². The molecular weight excluding hydrogens is 214 g/mol. The lowest BCUT2D eigenvalue weighted by molar-refractivity contribution is -0.117. The summed E-state index contributed by atoms with van der Waals surface area (Å²) in [5, 5.41) is 0. The van der Waals surface area contributed by atoms with Crippen molar-refractivity contribution in [3.8, 4) is 0 Å². The predicted molar refractivity (Wildman–Crippen MR) is 53.5 cm³/mol. The Morgan fingerprint density at radius 2 is 1.77 bits per heavy atom. The lowest BCUT2D eigenvalue weighted by Crippen LogP contribution is -2.15. The van der Waals surface area contributed by atoms with E-state index in [9.17, 15) is 4.79 Å². The zero-order valence-corrected chi connectivity index (χ0v) is 9.57. The summed E-state index contributed by atoms with van der Waals surface area (Å²) in [7, 11) is -3.55. The largest absolute Gasteiger partial charge is 0.748 e. The molecule has 0 aromatic carbocycles. The van der Waals surface area contributed by atoms with Crippen molar-refractivity contribution in [2.45, 2.75) is 6.42 Å². The molecule has 13 heavy (non-hydrogen) atoms. The molecule has 0 aliphatic rings. The maximum absolute atomic E-state index is 10.1. The summed E-state index contributed by atoms with van der Waals surface area (Å²) in [6.07, 6.45) is 5.34. The number of rotatable bonds is 3. The molecule has 0 bridgehead atoms. The lowest BCUT2D eigenvalue weighted by atomic mass is 10.5. The van der Waals surface area contributed by atoms with E-state index in [1.165, 1.54) is 0 Å². The number of amides is 1. The van der Waals surface area contributed by atoms with Crippen LogP contribution in [0.3, 0.4) is 0 Å². The van der Waals surface area contributed by atoms with Crippen LogP contribution in [0.5, 0.6) is 0 Å². The Kier molecular flexibility index (Phi) is 8.38. The van der Waals surface area contributed by atoms with Crippen LogP contribution in [0.25, 0.3) is 0 Å². The van der Waals surface area contributed by atoms with Gasteiger partial charge in [0.25, 0.3) is 0 Å². The fourth-order valence-electron chi connectivity index (χ4n) is 0.305. The molecule has 2 N–H and O–H groups in total. The third kappa shape index (κ3) is 49.6. The molecule has 0 aliphatic heterocycles. The fraction of sp³-hybridized carbons (Fsp3) is 0.833. The molecule has 0 aromatic heterocycles. The first-order chi connectivity index (χ1) is 5.63. The molecule has 1 amide bonds. The first-order valence-electron chi connectivity index (χ1n) is 3.36. The smallest absolute Gasteiger partial charge is 0.222 e. The zero-order valence-electron chi connectivity index (χ0n) is 7.94. The van der Waals surface area contributed by atoms with Gasteiger partial charge in [-0.25, -0.2) is 8.42 Å². The molecule has 80 valence electrons. The van der Waals surface area contributed by atoms with Crippen LogP contribution >= 0.6 is 0 Å². The Morgan fingerprint density at radius 1 is 1.46 bits per heavy atom. The molecule has 7 heteroatoms. The van der Waals surface area contributed by atoms with Crippen LogP contribution in [-0.4, -0.2) is 43.4 Å². The number of hydrogen-bond acceptors (Lipinski definition) is 4. The van der Waals surface area contributed by atoms with Crippen LogP contribution in [0.1, 0.15) is 6.42 Å². The highest BCUT2D eigenvalue weighted by molar-refractivity contribution is 7.95. The number of carbonyl (C=O) groups is 1. The van der Waals surface area contributed by atoms with E-state index < -0.39 is 10.1 Å². The maximum atomic E-state index is 10.1. The number of nitrogens with two attached hydrogens (primary N) is 1. The lowest BCUT2D eigenvalue weighted by Gasteiger charge is -1.90. The Hall–Kier alpha value is -0.270. The van der Waals surface area contributed by atoms with Gasteiger partial charge in [-0.2, -0.15) is 0 Å². The van der Waals surface area contributed by atoms with Gasteiger partial charge in [-0.05, 0) is 10.9 Å². The van der Waals surface area contributed by atoms with E-state index in [4.69, 9.17) is 18.7 Å². The zero-order chi connectivity index (χ0) is 11.1. The summed E-state index contributed by atoms with van der Waals surface area (Å²) >= 11 is 0. The first kappa shape index (κ1) is 15.2. The summed E-state index contributed by atoms with van der Waals surface area (Å²) in [4.78, 5) is 10.1. The van der Waals surface area contributed by atoms with Gasteiger partial charge in [0, 0.05) is 6.26 Å². The Labute approximate surface area is 81.8 Å². The topological polar surface area (TPSA) is 100 Å². The minimum Gasteiger partial charge on any atom is -0.748 e. The quantitative estimate of drug-likeness (QED) is 0.490. The standard InChI is InChI=1S/C5H11NOS.CH4O3S/c1-8(2)4-3-5(6)7;1-5(2,3)4/h3-4H2,1-2H3,(H-,6,7);1H3,(H,2,3,4). The summed E-state index contributed by atoms with van der Waals surface area (Å²) in [5.41, 5.74) is 4.91. The number of carbonyl (C=O) groups excluding carboxylic acids is 1. The van der Waals surface area contributed by atoms with Crippen molar-refractivity contribution in [1.82, 2.24) is 0 Å². The summed E-state index contributed by atoms with van der Waals surface area (Å²) in [5.74, 6) is 0.751. The summed E-state index contributed by atoms with van der Waals surface area (Å²) < 4.78 is 27.2. The highest BCUT2D eigenvalue weighted by Gasteiger charge is 2.03. The van der Waals surface area contributed by atoms with Crippen molar-refractivity contribution in [1.29, 1.82) is 0 Å². The van der Waals surface area contributed by atoms with E-state index in [1.807, 2.05) is 0 Å². The van der Waals surface area contributed by atoms with Crippen LogP contribution in [0, 0.1) is 0 Å². The molecule has 0 spiro atoms. The molecule has 0 radical (unpaired) electrons. The predicted octanol–water partition coefficient (Wildman–Crippen LogP) is -1.10. The minimum atomic E-state index is -3.92. The van der Waals surface area contributed by atoms with E-state index in [2.05, 4.69) is 12.5 Å². The average molecular weight is 229 g/mol. The van der Waals surface area contributed by atoms with Crippen LogP contribution in [-0.2, 0) is 25.8 Å². The van der Waals surface area contributed by atoms with E-state index in [0.717, 1.165) is 5.75 Å². The van der Waals surface area contributed by atoms with Gasteiger partial charge >= 0.3 is 0 Å². The molecule has 0 saturated heterocycles. The SMILES string of the molecule is CS(=O)(=O)[O-].C[S+](C)CCC(N)=O. The number of hydrogen-bond donors (Lipinski definition) is 1. The van der Waals surface area contributed by atoms with Crippen LogP contribution in [0.15, 0.2) is 0 Å². The Balaban J connectivity index is 0. The molecular formula is C6H15NO4S2. The molecule has 0 aromatic rings. The van der Waals surface area contributed by atoms with Gasteiger partial charge in [-0.1, -0.05) is 0 Å². The van der Waals surface area contributed by atoms with Crippen molar-refractivity contribution < 1.29 is 17.8 Å². The molecule has 0 rings (SSSR count). The van der Waals surface area contributed by atoms with E-state index in [-0.39, 0.29) is 5.91 Å². The number of primary amides is 1. The highest BCUT2D eigenvalue weighted by atomic mass is 32.2.